The van der Waals surface area contributed by atoms with Gasteiger partial charge in [-0.2, -0.15) is 0 Å². The summed E-state index contributed by atoms with van der Waals surface area (Å²) in [6.45, 7) is 3.74. The number of carbonyl (C=O) groups excluding carboxylic acids is 1. The summed E-state index contributed by atoms with van der Waals surface area (Å²) in [5.41, 5.74) is 2.57. The van der Waals surface area contributed by atoms with Crippen molar-refractivity contribution in [3.05, 3.63) is 70.2 Å². The van der Waals surface area contributed by atoms with E-state index in [2.05, 4.69) is 17.0 Å². The van der Waals surface area contributed by atoms with Gasteiger partial charge in [0.15, 0.2) is 0 Å². The van der Waals surface area contributed by atoms with E-state index in [0.717, 1.165) is 17.7 Å². The molecule has 1 aliphatic rings. The summed E-state index contributed by atoms with van der Waals surface area (Å²) < 4.78 is 6.06. The van der Waals surface area contributed by atoms with Crippen LogP contribution in [0.2, 0.25) is 5.02 Å². The fourth-order valence-corrected chi connectivity index (χ4v) is 3.69. The van der Waals surface area contributed by atoms with E-state index in [9.17, 15) is 4.79 Å². The molecule has 1 saturated heterocycles. The molecule has 0 aliphatic carbocycles. The molecule has 0 N–H and O–H groups in total. The molecular formula is C21H25ClN2O2. The molecule has 0 unspecified atom stereocenters. The number of nitrogens with zero attached hydrogens (tertiary/aromatic N) is 2. The number of hydrogen-bond acceptors (Lipinski definition) is 3. The molecule has 1 aliphatic heterocycles. The number of ether oxygens (including phenoxy) is 1. The molecule has 0 spiro atoms. The molecule has 0 aromatic heterocycles. The van der Waals surface area contributed by atoms with E-state index in [1.165, 1.54) is 0 Å². The van der Waals surface area contributed by atoms with E-state index >= 15 is 0 Å². The zero-order chi connectivity index (χ0) is 18.7. The summed E-state index contributed by atoms with van der Waals surface area (Å²) in [7, 11) is 4.04. The molecule has 0 saturated carbocycles. The van der Waals surface area contributed by atoms with Crippen LogP contribution < -0.4 is 0 Å². The maximum absolute atomic E-state index is 13.4. The highest BCUT2D eigenvalue weighted by Gasteiger charge is 2.37. The van der Waals surface area contributed by atoms with Gasteiger partial charge in [-0.3, -0.25) is 4.79 Å². The van der Waals surface area contributed by atoms with Crippen LogP contribution in [0.5, 0.6) is 0 Å². The first kappa shape index (κ1) is 18.9. The number of benzene rings is 2. The largest absolute Gasteiger partial charge is 0.373 e. The summed E-state index contributed by atoms with van der Waals surface area (Å²) in [5.74, 6) is 0.00547. The molecule has 5 heteroatoms. The summed E-state index contributed by atoms with van der Waals surface area (Å²) in [4.78, 5) is 17.4. The molecule has 4 nitrogen and oxygen atoms in total. The number of likely N-dealkylation sites (N-methyl/N-ethyl adjacent to an activating group) is 1. The molecule has 26 heavy (non-hydrogen) atoms. The zero-order valence-electron chi connectivity index (χ0n) is 15.5. The quantitative estimate of drug-likeness (QED) is 0.818. The highest BCUT2D eigenvalue weighted by Crippen LogP contribution is 2.32. The first-order chi connectivity index (χ1) is 12.5. The van der Waals surface area contributed by atoms with E-state index < -0.39 is 0 Å². The van der Waals surface area contributed by atoms with E-state index in [1.807, 2.05) is 62.3 Å². The molecule has 2 atom stereocenters. The highest BCUT2D eigenvalue weighted by atomic mass is 35.5. The second kappa shape index (κ2) is 8.21. The molecule has 2 aromatic rings. The van der Waals surface area contributed by atoms with Crippen LogP contribution >= 0.6 is 11.6 Å². The molecule has 138 valence electrons. The average Bonchev–Trinajstić information content (AvgIpc) is 2.63. The lowest BCUT2D eigenvalue weighted by Crippen LogP contribution is -2.51. The number of hydrogen-bond donors (Lipinski definition) is 0. The molecule has 3 rings (SSSR count). The van der Waals surface area contributed by atoms with Gasteiger partial charge in [-0.05, 0) is 44.3 Å². The van der Waals surface area contributed by atoms with Crippen molar-refractivity contribution in [2.75, 3.05) is 33.8 Å². The molecular weight excluding hydrogens is 348 g/mol. The third kappa shape index (κ3) is 3.93. The SMILES string of the molecule is Cc1c(Cl)cccc1C(=O)N1CCO[C@@H](CN(C)C)[C@@H]1c1ccccc1. The number of morpholine rings is 1. The Morgan fingerprint density at radius 2 is 1.92 bits per heavy atom. The number of halogens is 1. The Morgan fingerprint density at radius 3 is 2.62 bits per heavy atom. The van der Waals surface area contributed by atoms with Gasteiger partial charge in [0.1, 0.15) is 0 Å². The van der Waals surface area contributed by atoms with E-state index in [4.69, 9.17) is 16.3 Å². The van der Waals surface area contributed by atoms with Crippen LogP contribution in [0.15, 0.2) is 48.5 Å². The Morgan fingerprint density at radius 1 is 1.19 bits per heavy atom. The van der Waals surface area contributed by atoms with Gasteiger partial charge in [0.25, 0.3) is 5.91 Å². The first-order valence-corrected chi connectivity index (χ1v) is 9.24. The number of amides is 1. The van der Waals surface area contributed by atoms with E-state index in [0.29, 0.717) is 23.7 Å². The highest BCUT2D eigenvalue weighted by molar-refractivity contribution is 6.31. The van der Waals surface area contributed by atoms with Crippen molar-refractivity contribution in [3.63, 3.8) is 0 Å². The summed E-state index contributed by atoms with van der Waals surface area (Å²) in [5, 5.41) is 0.616. The van der Waals surface area contributed by atoms with E-state index in [1.54, 1.807) is 0 Å². The Kier molecular flexibility index (Phi) is 5.97. The number of rotatable bonds is 4. The van der Waals surface area contributed by atoms with Gasteiger partial charge in [-0.25, -0.2) is 0 Å². The van der Waals surface area contributed by atoms with Gasteiger partial charge in [-0.15, -0.1) is 0 Å². The third-order valence-corrected chi connectivity index (χ3v) is 5.21. The second-order valence-electron chi connectivity index (χ2n) is 6.94. The van der Waals surface area contributed by atoms with Crippen molar-refractivity contribution < 1.29 is 9.53 Å². The van der Waals surface area contributed by atoms with Crippen molar-refractivity contribution in [2.45, 2.75) is 19.1 Å². The zero-order valence-corrected chi connectivity index (χ0v) is 16.2. The fraction of sp³-hybridized carbons (Fsp3) is 0.381. The van der Waals surface area contributed by atoms with Gasteiger partial charge in [-0.1, -0.05) is 48.0 Å². The minimum Gasteiger partial charge on any atom is -0.373 e. The lowest BCUT2D eigenvalue weighted by atomic mass is 9.96. The Hall–Kier alpha value is -1.88. The second-order valence-corrected chi connectivity index (χ2v) is 7.35. The standard InChI is InChI=1S/C21H25ClN2O2/c1-15-17(10-7-11-18(15)22)21(25)24-12-13-26-19(14-23(2)3)20(24)16-8-5-4-6-9-16/h4-11,19-20H,12-14H2,1-3H3/t19-,20-/m0/s1. The average molecular weight is 373 g/mol. The smallest absolute Gasteiger partial charge is 0.254 e. The summed E-state index contributed by atoms with van der Waals surface area (Å²) >= 11 is 6.25. The Labute approximate surface area is 160 Å². The minimum absolute atomic E-state index is 0.00547. The van der Waals surface area contributed by atoms with Crippen molar-refractivity contribution in [2.24, 2.45) is 0 Å². The van der Waals surface area contributed by atoms with E-state index in [-0.39, 0.29) is 18.1 Å². The monoisotopic (exact) mass is 372 g/mol. The fourth-order valence-electron chi connectivity index (χ4n) is 3.51. The normalized spacial score (nSPS) is 20.4. The number of carbonyl (C=O) groups is 1. The topological polar surface area (TPSA) is 32.8 Å². The lowest BCUT2D eigenvalue weighted by Gasteiger charge is -2.42. The van der Waals surface area contributed by atoms with Crippen LogP contribution in [0, 0.1) is 6.92 Å². The van der Waals surface area contributed by atoms with Crippen molar-refractivity contribution in [1.82, 2.24) is 9.80 Å². The van der Waals surface area contributed by atoms with Crippen LogP contribution in [0.3, 0.4) is 0 Å². The maximum Gasteiger partial charge on any atom is 0.254 e. The van der Waals surface area contributed by atoms with Crippen LogP contribution in [0.1, 0.15) is 27.5 Å². The van der Waals surface area contributed by atoms with Crippen molar-refractivity contribution in [3.8, 4) is 0 Å². The van der Waals surface area contributed by atoms with Gasteiger partial charge >= 0.3 is 0 Å². The van der Waals surface area contributed by atoms with Gasteiger partial charge in [0.05, 0.1) is 18.8 Å². The van der Waals surface area contributed by atoms with Crippen molar-refractivity contribution >= 4 is 17.5 Å². The van der Waals surface area contributed by atoms with Crippen LogP contribution in [-0.2, 0) is 4.74 Å². The Bertz CT molecular complexity index is 764. The molecule has 1 heterocycles. The molecule has 0 bridgehead atoms. The van der Waals surface area contributed by atoms with Gasteiger partial charge < -0.3 is 14.5 Å². The van der Waals surface area contributed by atoms with Crippen LogP contribution in [0.4, 0.5) is 0 Å². The van der Waals surface area contributed by atoms with Gasteiger partial charge in [0.2, 0.25) is 0 Å². The first-order valence-electron chi connectivity index (χ1n) is 8.86. The lowest BCUT2D eigenvalue weighted by molar-refractivity contribution is -0.0684. The van der Waals surface area contributed by atoms with Gasteiger partial charge in [0, 0.05) is 23.7 Å². The van der Waals surface area contributed by atoms with Crippen molar-refractivity contribution in [1.29, 1.82) is 0 Å². The Balaban J connectivity index is 1.99. The third-order valence-electron chi connectivity index (χ3n) is 4.80. The summed E-state index contributed by atoms with van der Waals surface area (Å²) in [6, 6.07) is 15.5. The molecule has 2 aromatic carbocycles. The molecule has 1 fully saturated rings. The predicted octanol–water partition coefficient (Wildman–Crippen LogP) is 3.79. The van der Waals surface area contributed by atoms with Crippen LogP contribution in [-0.4, -0.2) is 55.6 Å². The molecule has 0 radical (unpaired) electrons. The van der Waals surface area contributed by atoms with Crippen LogP contribution in [0.25, 0.3) is 0 Å². The minimum atomic E-state index is -0.127. The summed E-state index contributed by atoms with van der Waals surface area (Å²) in [6.07, 6.45) is -0.0791. The molecule has 1 amide bonds. The predicted molar refractivity (Wildman–Crippen MR) is 105 cm³/mol. The maximum atomic E-state index is 13.4.